The molecule has 0 bridgehead atoms. The molecule has 2 aliphatic heterocycles. The molecule has 1 unspecified atom stereocenters. The van der Waals surface area contributed by atoms with Crippen molar-refractivity contribution < 1.29 is 24.2 Å². The summed E-state index contributed by atoms with van der Waals surface area (Å²) in [6.07, 6.45) is 0. The number of aromatic hydroxyl groups is 1. The molecule has 1 fully saturated rings. The number of phenols is 1. The lowest BCUT2D eigenvalue weighted by Gasteiger charge is -2.33. The zero-order chi connectivity index (χ0) is 18.8. The molecule has 2 heterocycles. The van der Waals surface area contributed by atoms with E-state index >= 15 is 0 Å². The number of hydrogen-bond acceptors (Lipinski definition) is 7. The van der Waals surface area contributed by atoms with Crippen LogP contribution in [0.1, 0.15) is 32.4 Å². The summed E-state index contributed by atoms with van der Waals surface area (Å²) < 4.78 is 10.7. The molecule has 138 valence electrons. The van der Waals surface area contributed by atoms with Gasteiger partial charge in [-0.05, 0) is 38.5 Å². The summed E-state index contributed by atoms with van der Waals surface area (Å²) in [5.74, 6) is -0.0579. The van der Waals surface area contributed by atoms with E-state index in [1.54, 1.807) is 26.0 Å². The molecule has 8 heteroatoms. The van der Waals surface area contributed by atoms with Gasteiger partial charge in [-0.25, -0.2) is 9.79 Å². The van der Waals surface area contributed by atoms with Crippen molar-refractivity contribution in [2.75, 3.05) is 19.0 Å². The number of nitrogens with zero attached hydrogens (tertiary/aromatic N) is 2. The van der Waals surface area contributed by atoms with E-state index in [0.717, 1.165) is 0 Å². The monoisotopic (exact) mass is 376 g/mol. The van der Waals surface area contributed by atoms with Crippen LogP contribution in [0, 0.1) is 0 Å². The average molecular weight is 376 g/mol. The number of carbonyl (C=O) groups excluding carboxylic acids is 2. The number of amidine groups is 1. The Morgan fingerprint density at radius 3 is 2.85 bits per heavy atom. The van der Waals surface area contributed by atoms with E-state index in [1.807, 2.05) is 6.92 Å². The molecule has 0 aromatic heterocycles. The summed E-state index contributed by atoms with van der Waals surface area (Å²) in [5, 5.41) is 10.5. The van der Waals surface area contributed by atoms with Crippen molar-refractivity contribution in [2.24, 2.45) is 4.99 Å². The lowest BCUT2D eigenvalue weighted by atomic mass is 9.94. The highest BCUT2D eigenvalue weighted by atomic mass is 32.2. The Labute approximate surface area is 155 Å². The Kier molecular flexibility index (Phi) is 5.22. The number of benzene rings is 1. The van der Waals surface area contributed by atoms with E-state index in [-0.39, 0.29) is 24.0 Å². The number of thioether (sulfide) groups is 1. The number of amides is 1. The molecule has 2 aliphatic rings. The number of rotatable bonds is 5. The van der Waals surface area contributed by atoms with Gasteiger partial charge in [-0.2, -0.15) is 0 Å². The molecule has 0 radical (unpaired) electrons. The zero-order valence-electron chi connectivity index (χ0n) is 14.8. The van der Waals surface area contributed by atoms with E-state index in [0.29, 0.717) is 34.4 Å². The smallest absolute Gasteiger partial charge is 0.338 e. The number of phenolic OH excluding ortho intramolecular Hbond substituents is 1. The van der Waals surface area contributed by atoms with E-state index in [4.69, 9.17) is 9.47 Å². The summed E-state index contributed by atoms with van der Waals surface area (Å²) >= 11 is 1.34. The second-order valence-corrected chi connectivity index (χ2v) is 6.67. The van der Waals surface area contributed by atoms with Gasteiger partial charge in [0, 0.05) is 0 Å². The summed E-state index contributed by atoms with van der Waals surface area (Å²) in [6, 6.07) is 4.16. The van der Waals surface area contributed by atoms with Crippen LogP contribution in [0.2, 0.25) is 0 Å². The Hall–Kier alpha value is -2.48. The fraction of sp³-hybridized carbons (Fsp3) is 0.389. The molecule has 0 aliphatic carbocycles. The number of esters is 1. The molecule has 7 nitrogen and oxygen atoms in total. The van der Waals surface area contributed by atoms with Gasteiger partial charge in [0.2, 0.25) is 5.91 Å². The van der Waals surface area contributed by atoms with Crippen LogP contribution < -0.4 is 4.74 Å². The number of carbonyl (C=O) groups is 2. The number of hydrogen-bond donors (Lipinski definition) is 1. The second kappa shape index (κ2) is 7.41. The predicted molar refractivity (Wildman–Crippen MR) is 98.1 cm³/mol. The minimum Gasteiger partial charge on any atom is -0.504 e. The van der Waals surface area contributed by atoms with Crippen LogP contribution in [0.25, 0.3) is 0 Å². The van der Waals surface area contributed by atoms with Crippen LogP contribution in [-0.4, -0.2) is 46.0 Å². The number of aliphatic imine (C=N–C) groups is 1. The first-order valence-electron chi connectivity index (χ1n) is 8.35. The summed E-state index contributed by atoms with van der Waals surface area (Å²) in [7, 11) is 0. The predicted octanol–water partition coefficient (Wildman–Crippen LogP) is 2.61. The second-order valence-electron chi connectivity index (χ2n) is 5.73. The molecule has 0 saturated carbocycles. The minimum atomic E-state index is -0.663. The first kappa shape index (κ1) is 18.3. The molecule has 1 aromatic carbocycles. The third kappa shape index (κ3) is 3.16. The topological polar surface area (TPSA) is 88.4 Å². The van der Waals surface area contributed by atoms with Crippen molar-refractivity contribution in [3.63, 3.8) is 0 Å². The largest absolute Gasteiger partial charge is 0.504 e. The standard InChI is InChI=1S/C18H20N2O5S/c1-4-24-13-8-11(6-7-12(13)21)16-15(17(23)25-5-2)10(3)19-18-20(16)14(22)9-26-18/h6-8,16,21H,4-5,9H2,1-3H3. The number of ether oxygens (including phenoxy) is 2. The molecule has 0 spiro atoms. The van der Waals surface area contributed by atoms with Crippen LogP contribution in [-0.2, 0) is 14.3 Å². The Bertz CT molecular complexity index is 818. The SMILES string of the molecule is CCOC(=O)C1=C(C)N=C2SCC(=O)N2C1c1ccc(O)c(OCC)c1. The highest BCUT2D eigenvalue weighted by Gasteiger charge is 2.43. The molecular formula is C18H20N2O5S. The van der Waals surface area contributed by atoms with E-state index in [9.17, 15) is 14.7 Å². The highest BCUT2D eigenvalue weighted by molar-refractivity contribution is 8.15. The maximum absolute atomic E-state index is 12.6. The van der Waals surface area contributed by atoms with Crippen molar-refractivity contribution in [2.45, 2.75) is 26.8 Å². The summed E-state index contributed by atoms with van der Waals surface area (Å²) in [5.41, 5.74) is 1.49. The van der Waals surface area contributed by atoms with Crippen LogP contribution in [0.15, 0.2) is 34.5 Å². The first-order valence-corrected chi connectivity index (χ1v) is 9.33. The molecule has 1 atom stereocenters. The Morgan fingerprint density at radius 2 is 2.15 bits per heavy atom. The van der Waals surface area contributed by atoms with Gasteiger partial charge in [-0.3, -0.25) is 9.69 Å². The number of allylic oxidation sites excluding steroid dienone is 1. The zero-order valence-corrected chi connectivity index (χ0v) is 15.6. The molecule has 1 aromatic rings. The minimum absolute atomic E-state index is 0.000750. The highest BCUT2D eigenvalue weighted by Crippen LogP contribution is 2.42. The summed E-state index contributed by atoms with van der Waals surface area (Å²) in [6.45, 7) is 5.88. The maximum atomic E-state index is 12.6. The van der Waals surface area contributed by atoms with Crippen molar-refractivity contribution in [1.82, 2.24) is 4.90 Å². The lowest BCUT2D eigenvalue weighted by molar-refractivity contribution is -0.139. The first-order chi connectivity index (χ1) is 12.5. The molecule has 1 N–H and O–H groups in total. The van der Waals surface area contributed by atoms with E-state index < -0.39 is 12.0 Å². The maximum Gasteiger partial charge on any atom is 0.338 e. The van der Waals surface area contributed by atoms with Gasteiger partial charge in [-0.1, -0.05) is 17.8 Å². The molecular weight excluding hydrogens is 356 g/mol. The third-order valence-electron chi connectivity index (χ3n) is 4.08. The Morgan fingerprint density at radius 1 is 1.38 bits per heavy atom. The quantitative estimate of drug-likeness (QED) is 0.795. The third-order valence-corrected chi connectivity index (χ3v) is 5.02. The van der Waals surface area contributed by atoms with Gasteiger partial charge in [-0.15, -0.1) is 0 Å². The normalized spacial score (nSPS) is 19.3. The van der Waals surface area contributed by atoms with Gasteiger partial charge in [0.1, 0.15) is 0 Å². The van der Waals surface area contributed by atoms with Crippen molar-refractivity contribution in [3.8, 4) is 11.5 Å². The fourth-order valence-electron chi connectivity index (χ4n) is 3.00. The van der Waals surface area contributed by atoms with Crippen LogP contribution in [0.4, 0.5) is 0 Å². The van der Waals surface area contributed by atoms with Crippen LogP contribution in [0.5, 0.6) is 11.5 Å². The van der Waals surface area contributed by atoms with Gasteiger partial charge in [0.25, 0.3) is 0 Å². The van der Waals surface area contributed by atoms with Crippen LogP contribution >= 0.6 is 11.8 Å². The van der Waals surface area contributed by atoms with Gasteiger partial charge < -0.3 is 14.6 Å². The van der Waals surface area contributed by atoms with Gasteiger partial charge in [0.15, 0.2) is 16.7 Å². The van der Waals surface area contributed by atoms with Crippen molar-refractivity contribution in [3.05, 3.63) is 35.0 Å². The molecule has 1 saturated heterocycles. The van der Waals surface area contributed by atoms with E-state index in [2.05, 4.69) is 4.99 Å². The molecule has 26 heavy (non-hydrogen) atoms. The van der Waals surface area contributed by atoms with E-state index in [1.165, 1.54) is 22.7 Å². The van der Waals surface area contributed by atoms with Gasteiger partial charge >= 0.3 is 5.97 Å². The van der Waals surface area contributed by atoms with Crippen molar-refractivity contribution >= 4 is 28.8 Å². The Balaban J connectivity index is 2.13. The number of fused-ring (bicyclic) bond motifs is 1. The van der Waals surface area contributed by atoms with Gasteiger partial charge in [0.05, 0.1) is 36.3 Å². The molecule has 3 rings (SSSR count). The van der Waals surface area contributed by atoms with Crippen LogP contribution in [0.3, 0.4) is 0 Å². The average Bonchev–Trinajstić information content (AvgIpc) is 2.96. The molecule has 1 amide bonds. The van der Waals surface area contributed by atoms with Crippen molar-refractivity contribution in [1.29, 1.82) is 0 Å². The summed E-state index contributed by atoms with van der Waals surface area (Å²) in [4.78, 5) is 31.0. The fourth-order valence-corrected chi connectivity index (χ4v) is 3.94. The lowest BCUT2D eigenvalue weighted by Crippen LogP contribution is -2.39.